The minimum absolute atomic E-state index is 0.856. The molecule has 1 N–H and O–H groups in total. The molecule has 3 fully saturated rings. The summed E-state index contributed by atoms with van der Waals surface area (Å²) in [7, 11) is 2.33. The van der Waals surface area contributed by atoms with Crippen LogP contribution in [-0.4, -0.2) is 61.7 Å². The maximum atomic E-state index is 3.61. The number of piperidine rings is 2. The monoisotopic (exact) mass is 279 g/mol. The second kappa shape index (κ2) is 7.24. The molecule has 3 aliphatic rings. The number of rotatable bonds is 4. The number of likely N-dealkylation sites (tertiary alicyclic amines) is 2. The van der Waals surface area contributed by atoms with Crippen molar-refractivity contribution in [3.05, 3.63) is 0 Å². The van der Waals surface area contributed by atoms with Crippen molar-refractivity contribution in [1.29, 1.82) is 0 Å². The summed E-state index contributed by atoms with van der Waals surface area (Å²) in [5.74, 6) is 0.926. The Morgan fingerprint density at radius 2 is 1.95 bits per heavy atom. The van der Waals surface area contributed by atoms with Crippen LogP contribution >= 0.6 is 0 Å². The molecule has 0 aromatic carbocycles. The molecule has 3 rings (SSSR count). The van der Waals surface area contributed by atoms with Crippen LogP contribution < -0.4 is 5.32 Å². The van der Waals surface area contributed by atoms with E-state index < -0.39 is 0 Å². The van der Waals surface area contributed by atoms with Gasteiger partial charge in [0, 0.05) is 12.1 Å². The molecule has 0 radical (unpaired) electrons. The van der Waals surface area contributed by atoms with E-state index in [2.05, 4.69) is 22.2 Å². The van der Waals surface area contributed by atoms with Gasteiger partial charge >= 0.3 is 0 Å². The van der Waals surface area contributed by atoms with E-state index in [1.807, 2.05) is 0 Å². The van der Waals surface area contributed by atoms with Crippen LogP contribution in [0.15, 0.2) is 0 Å². The van der Waals surface area contributed by atoms with E-state index in [4.69, 9.17) is 0 Å². The molecule has 0 aliphatic carbocycles. The largest absolute Gasteiger partial charge is 0.316 e. The second-order valence-electron chi connectivity index (χ2n) is 7.27. The molecule has 3 unspecified atom stereocenters. The lowest BCUT2D eigenvalue weighted by Gasteiger charge is -2.37. The van der Waals surface area contributed by atoms with Crippen LogP contribution in [0, 0.1) is 5.92 Å². The Hall–Kier alpha value is -0.120. The van der Waals surface area contributed by atoms with Crippen molar-refractivity contribution in [2.75, 3.05) is 39.8 Å². The fourth-order valence-electron chi connectivity index (χ4n) is 4.69. The Morgan fingerprint density at radius 3 is 2.75 bits per heavy atom. The zero-order valence-corrected chi connectivity index (χ0v) is 13.3. The summed E-state index contributed by atoms with van der Waals surface area (Å²) in [6, 6.07) is 1.74. The van der Waals surface area contributed by atoms with Gasteiger partial charge in [-0.05, 0) is 90.6 Å². The van der Waals surface area contributed by atoms with E-state index in [1.165, 1.54) is 84.1 Å². The maximum Gasteiger partial charge on any atom is 0.0136 e. The summed E-state index contributed by atoms with van der Waals surface area (Å²) < 4.78 is 0. The molecule has 20 heavy (non-hydrogen) atoms. The lowest BCUT2D eigenvalue weighted by Crippen LogP contribution is -2.45. The molecule has 3 atom stereocenters. The van der Waals surface area contributed by atoms with E-state index in [-0.39, 0.29) is 0 Å². The molecular formula is C17H33N3. The van der Waals surface area contributed by atoms with Crippen molar-refractivity contribution < 1.29 is 0 Å². The molecular weight excluding hydrogens is 246 g/mol. The first kappa shape index (κ1) is 14.8. The lowest BCUT2D eigenvalue weighted by molar-refractivity contribution is 0.126. The third-order valence-electron chi connectivity index (χ3n) is 5.96. The Balaban J connectivity index is 1.48. The highest BCUT2D eigenvalue weighted by Crippen LogP contribution is 2.29. The van der Waals surface area contributed by atoms with Gasteiger partial charge in [-0.3, -0.25) is 0 Å². The Bertz CT molecular complexity index is 288. The predicted molar refractivity (Wildman–Crippen MR) is 85.1 cm³/mol. The first-order valence-electron chi connectivity index (χ1n) is 8.99. The van der Waals surface area contributed by atoms with Crippen molar-refractivity contribution in [2.45, 2.75) is 63.5 Å². The summed E-state index contributed by atoms with van der Waals surface area (Å²) in [6.45, 7) is 6.54. The average Bonchev–Trinajstić information content (AvgIpc) is 2.96. The molecule has 0 aromatic rings. The Labute approximate surface area is 125 Å². The molecule has 3 heteroatoms. The normalized spacial score (nSPS) is 37.4. The minimum atomic E-state index is 0.856. The van der Waals surface area contributed by atoms with Gasteiger partial charge in [-0.1, -0.05) is 6.42 Å². The summed E-state index contributed by atoms with van der Waals surface area (Å²) in [4.78, 5) is 5.44. The van der Waals surface area contributed by atoms with Crippen molar-refractivity contribution >= 4 is 0 Å². The molecule has 3 nitrogen and oxygen atoms in total. The summed E-state index contributed by atoms with van der Waals surface area (Å²) in [5, 5.41) is 3.61. The first-order chi connectivity index (χ1) is 9.84. The van der Waals surface area contributed by atoms with E-state index in [9.17, 15) is 0 Å². The van der Waals surface area contributed by atoms with Crippen LogP contribution in [0.5, 0.6) is 0 Å². The summed E-state index contributed by atoms with van der Waals surface area (Å²) >= 11 is 0. The molecule has 0 amide bonds. The van der Waals surface area contributed by atoms with Crippen molar-refractivity contribution in [3.63, 3.8) is 0 Å². The fourth-order valence-corrected chi connectivity index (χ4v) is 4.69. The standard InChI is InChI=1S/C17H33N3/c1-19-11-3-2-7-16(19)9-13-20-12-5-8-17(20)15-6-4-10-18-14-15/h15-18H,2-14H2,1H3. The van der Waals surface area contributed by atoms with Gasteiger partial charge in [-0.2, -0.15) is 0 Å². The molecule has 116 valence electrons. The topological polar surface area (TPSA) is 18.5 Å². The van der Waals surface area contributed by atoms with Gasteiger partial charge in [0.15, 0.2) is 0 Å². The van der Waals surface area contributed by atoms with Crippen LogP contribution in [0.2, 0.25) is 0 Å². The van der Waals surface area contributed by atoms with Crippen LogP contribution in [0.3, 0.4) is 0 Å². The van der Waals surface area contributed by atoms with E-state index in [1.54, 1.807) is 0 Å². The number of hydrogen-bond acceptors (Lipinski definition) is 3. The van der Waals surface area contributed by atoms with Crippen LogP contribution in [0.4, 0.5) is 0 Å². The highest BCUT2D eigenvalue weighted by Gasteiger charge is 2.32. The zero-order valence-electron chi connectivity index (χ0n) is 13.3. The van der Waals surface area contributed by atoms with E-state index in [0.29, 0.717) is 0 Å². The van der Waals surface area contributed by atoms with Crippen LogP contribution in [-0.2, 0) is 0 Å². The number of nitrogens with one attached hydrogen (secondary N) is 1. The van der Waals surface area contributed by atoms with Crippen LogP contribution in [0.25, 0.3) is 0 Å². The third-order valence-corrected chi connectivity index (χ3v) is 5.96. The predicted octanol–water partition coefficient (Wildman–Crippen LogP) is 2.32. The summed E-state index contributed by atoms with van der Waals surface area (Å²) in [5.41, 5.74) is 0. The molecule has 0 saturated carbocycles. The van der Waals surface area contributed by atoms with Gasteiger partial charge in [0.2, 0.25) is 0 Å². The Morgan fingerprint density at radius 1 is 1.00 bits per heavy atom. The van der Waals surface area contributed by atoms with Gasteiger partial charge in [-0.25, -0.2) is 0 Å². The second-order valence-corrected chi connectivity index (χ2v) is 7.27. The van der Waals surface area contributed by atoms with Gasteiger partial charge in [0.1, 0.15) is 0 Å². The van der Waals surface area contributed by atoms with E-state index >= 15 is 0 Å². The Kier molecular flexibility index (Phi) is 5.36. The van der Waals surface area contributed by atoms with Gasteiger partial charge in [-0.15, -0.1) is 0 Å². The fraction of sp³-hybridized carbons (Fsp3) is 1.00. The number of nitrogens with zero attached hydrogens (tertiary/aromatic N) is 2. The quantitative estimate of drug-likeness (QED) is 0.852. The van der Waals surface area contributed by atoms with E-state index in [0.717, 1.165) is 18.0 Å². The van der Waals surface area contributed by atoms with Crippen LogP contribution in [0.1, 0.15) is 51.4 Å². The first-order valence-corrected chi connectivity index (χ1v) is 8.99. The average molecular weight is 279 g/mol. The smallest absolute Gasteiger partial charge is 0.0136 e. The molecule has 3 saturated heterocycles. The van der Waals surface area contributed by atoms with Crippen molar-refractivity contribution in [2.24, 2.45) is 5.92 Å². The maximum absolute atomic E-state index is 3.61. The third kappa shape index (κ3) is 3.55. The highest BCUT2D eigenvalue weighted by molar-refractivity contribution is 4.88. The van der Waals surface area contributed by atoms with Crippen molar-refractivity contribution in [1.82, 2.24) is 15.1 Å². The molecule has 0 bridgehead atoms. The van der Waals surface area contributed by atoms with Gasteiger partial charge < -0.3 is 15.1 Å². The molecule has 0 aromatic heterocycles. The minimum Gasteiger partial charge on any atom is -0.316 e. The number of hydrogen-bond donors (Lipinski definition) is 1. The SMILES string of the molecule is CN1CCCCC1CCN1CCCC1C1CCCNC1. The molecule has 3 heterocycles. The van der Waals surface area contributed by atoms with Crippen molar-refractivity contribution in [3.8, 4) is 0 Å². The highest BCUT2D eigenvalue weighted by atomic mass is 15.2. The zero-order chi connectivity index (χ0) is 13.8. The molecule has 3 aliphatic heterocycles. The lowest BCUT2D eigenvalue weighted by atomic mass is 9.90. The molecule has 0 spiro atoms. The van der Waals surface area contributed by atoms with Gasteiger partial charge in [0.25, 0.3) is 0 Å². The van der Waals surface area contributed by atoms with Gasteiger partial charge in [0.05, 0.1) is 0 Å². The summed E-state index contributed by atoms with van der Waals surface area (Å²) in [6.07, 6.45) is 11.4.